The van der Waals surface area contributed by atoms with E-state index < -0.39 is 0 Å². The number of carbonyl (C=O) groups excluding carboxylic acids is 1. The van der Waals surface area contributed by atoms with E-state index in [0.717, 1.165) is 11.3 Å². The van der Waals surface area contributed by atoms with Crippen molar-refractivity contribution in [2.75, 3.05) is 5.75 Å². The Bertz CT molecular complexity index is 1300. The second-order valence-corrected chi connectivity index (χ2v) is 8.39. The predicted octanol–water partition coefficient (Wildman–Crippen LogP) is 3.70. The maximum absolute atomic E-state index is 12.5. The van der Waals surface area contributed by atoms with Crippen molar-refractivity contribution >= 4 is 28.7 Å². The number of rotatable bonds is 6. The van der Waals surface area contributed by atoms with E-state index in [0.29, 0.717) is 16.2 Å². The molecule has 2 aromatic carbocycles. The molecule has 7 nitrogen and oxygen atoms in total. The maximum Gasteiger partial charge on any atom is 0.262 e. The van der Waals surface area contributed by atoms with Crippen LogP contribution in [0.4, 0.5) is 0 Å². The van der Waals surface area contributed by atoms with E-state index in [4.69, 9.17) is 0 Å². The summed E-state index contributed by atoms with van der Waals surface area (Å²) < 4.78 is 1.62. The number of hydrogen-bond donors (Lipinski definition) is 2. The molecule has 2 N–H and O–H groups in total. The molecule has 0 fully saturated rings. The number of hydrogen-bond acceptors (Lipinski definition) is 5. The summed E-state index contributed by atoms with van der Waals surface area (Å²) in [5.74, 6) is 0.0124. The molecule has 158 valence electrons. The van der Waals surface area contributed by atoms with E-state index in [1.54, 1.807) is 4.68 Å². The molecular formula is C23H23N5O2S. The van der Waals surface area contributed by atoms with Crippen molar-refractivity contribution < 1.29 is 4.79 Å². The first-order valence-electron chi connectivity index (χ1n) is 9.95. The number of aromatic nitrogens is 4. The fourth-order valence-corrected chi connectivity index (χ4v) is 3.93. The minimum absolute atomic E-state index is 0.110. The van der Waals surface area contributed by atoms with Gasteiger partial charge in [0, 0.05) is 0 Å². The molecule has 4 rings (SSSR count). The molecule has 0 aliphatic rings. The molecule has 0 radical (unpaired) electrons. The molecule has 1 unspecified atom stereocenters. The van der Waals surface area contributed by atoms with Crippen molar-refractivity contribution in [3.63, 3.8) is 0 Å². The number of thioether (sulfide) groups is 1. The van der Waals surface area contributed by atoms with E-state index in [-0.39, 0.29) is 23.3 Å². The molecule has 0 spiro atoms. The van der Waals surface area contributed by atoms with Crippen molar-refractivity contribution in [2.24, 2.45) is 0 Å². The summed E-state index contributed by atoms with van der Waals surface area (Å²) in [4.78, 5) is 32.2. The standard InChI is InChI=1S/C23H23N5O2S/c1-14-9-10-17(11-15(14)2)16(3)25-20(29)13-31-23-26-21-19(22(30)27-23)12-24-28(21)18-7-5-4-6-8-18/h4-12,16H,13H2,1-3H3,(H,25,29)(H,26,27,30). The molecule has 0 saturated carbocycles. The molecule has 1 amide bonds. The summed E-state index contributed by atoms with van der Waals surface area (Å²) in [7, 11) is 0. The third-order valence-corrected chi connectivity index (χ3v) is 6.04. The Morgan fingerprint density at radius 3 is 2.68 bits per heavy atom. The average Bonchev–Trinajstić information content (AvgIpc) is 3.19. The Balaban J connectivity index is 1.48. The summed E-state index contributed by atoms with van der Waals surface area (Å²) in [5.41, 5.74) is 4.46. The number of H-pyrrole nitrogens is 1. The summed E-state index contributed by atoms with van der Waals surface area (Å²) >= 11 is 1.19. The van der Waals surface area contributed by atoms with Gasteiger partial charge in [0.15, 0.2) is 10.8 Å². The van der Waals surface area contributed by atoms with E-state index in [2.05, 4.69) is 46.4 Å². The van der Waals surface area contributed by atoms with Crippen molar-refractivity contribution in [3.05, 3.63) is 81.8 Å². The highest BCUT2D eigenvalue weighted by molar-refractivity contribution is 7.99. The van der Waals surface area contributed by atoms with Gasteiger partial charge in [-0.2, -0.15) is 5.10 Å². The summed E-state index contributed by atoms with van der Waals surface area (Å²) in [6, 6.07) is 15.5. The zero-order valence-electron chi connectivity index (χ0n) is 17.5. The molecule has 0 bridgehead atoms. The highest BCUT2D eigenvalue weighted by Crippen LogP contribution is 2.19. The van der Waals surface area contributed by atoms with Crippen LogP contribution in [0.2, 0.25) is 0 Å². The number of fused-ring (bicyclic) bond motifs is 1. The number of amides is 1. The molecule has 1 atom stereocenters. The zero-order chi connectivity index (χ0) is 22.0. The lowest BCUT2D eigenvalue weighted by atomic mass is 10.0. The van der Waals surface area contributed by atoms with Gasteiger partial charge in [0.05, 0.1) is 23.7 Å². The first kappa shape index (κ1) is 20.9. The van der Waals surface area contributed by atoms with Gasteiger partial charge < -0.3 is 10.3 Å². The van der Waals surface area contributed by atoms with Crippen LogP contribution in [0.3, 0.4) is 0 Å². The Kier molecular flexibility index (Phi) is 5.90. The van der Waals surface area contributed by atoms with Crippen LogP contribution >= 0.6 is 11.8 Å². The lowest BCUT2D eigenvalue weighted by molar-refractivity contribution is -0.119. The summed E-state index contributed by atoms with van der Waals surface area (Å²) in [6.45, 7) is 6.08. The van der Waals surface area contributed by atoms with Gasteiger partial charge in [-0.3, -0.25) is 9.59 Å². The number of carbonyl (C=O) groups is 1. The number of aryl methyl sites for hydroxylation is 2. The number of nitrogens with zero attached hydrogens (tertiary/aromatic N) is 3. The molecule has 31 heavy (non-hydrogen) atoms. The van der Waals surface area contributed by atoms with Crippen LogP contribution in [0.15, 0.2) is 64.7 Å². The number of benzene rings is 2. The van der Waals surface area contributed by atoms with Crippen LogP contribution in [-0.2, 0) is 4.79 Å². The molecule has 4 aromatic rings. The second kappa shape index (κ2) is 8.77. The fourth-order valence-electron chi connectivity index (χ4n) is 3.26. The first-order chi connectivity index (χ1) is 14.9. The van der Waals surface area contributed by atoms with Gasteiger partial charge in [-0.05, 0) is 49.6 Å². The van der Waals surface area contributed by atoms with E-state index >= 15 is 0 Å². The van der Waals surface area contributed by atoms with Crippen LogP contribution in [0, 0.1) is 13.8 Å². The monoisotopic (exact) mass is 433 g/mol. The maximum atomic E-state index is 12.5. The van der Waals surface area contributed by atoms with Gasteiger partial charge in [0.2, 0.25) is 5.91 Å². The Hall–Kier alpha value is -3.39. The van der Waals surface area contributed by atoms with Crippen LogP contribution in [0.5, 0.6) is 0 Å². The average molecular weight is 434 g/mol. The van der Waals surface area contributed by atoms with E-state index in [9.17, 15) is 9.59 Å². The van der Waals surface area contributed by atoms with Gasteiger partial charge in [-0.1, -0.05) is 48.2 Å². The smallest absolute Gasteiger partial charge is 0.262 e. The molecule has 2 aromatic heterocycles. The first-order valence-corrected chi connectivity index (χ1v) is 10.9. The Labute approximate surface area is 183 Å². The summed E-state index contributed by atoms with van der Waals surface area (Å²) in [5, 5.41) is 8.08. The fraction of sp³-hybridized carbons (Fsp3) is 0.217. The van der Waals surface area contributed by atoms with E-state index in [1.807, 2.05) is 43.3 Å². The van der Waals surface area contributed by atoms with Crippen molar-refractivity contribution in [3.8, 4) is 5.69 Å². The van der Waals surface area contributed by atoms with E-state index in [1.165, 1.54) is 29.1 Å². The lowest BCUT2D eigenvalue weighted by Gasteiger charge is -2.15. The third kappa shape index (κ3) is 4.54. The van der Waals surface area contributed by atoms with Crippen LogP contribution in [-0.4, -0.2) is 31.4 Å². The third-order valence-electron chi connectivity index (χ3n) is 5.17. The molecular weight excluding hydrogens is 410 g/mol. The topological polar surface area (TPSA) is 92.7 Å². The Morgan fingerprint density at radius 2 is 1.94 bits per heavy atom. The minimum atomic E-state index is -0.279. The predicted molar refractivity (Wildman–Crippen MR) is 123 cm³/mol. The van der Waals surface area contributed by atoms with Gasteiger partial charge in [0.25, 0.3) is 5.56 Å². The molecule has 0 saturated heterocycles. The zero-order valence-corrected chi connectivity index (χ0v) is 18.4. The highest BCUT2D eigenvalue weighted by Gasteiger charge is 2.14. The van der Waals surface area contributed by atoms with Gasteiger partial charge in [0.1, 0.15) is 5.39 Å². The van der Waals surface area contributed by atoms with Gasteiger partial charge in [-0.25, -0.2) is 9.67 Å². The second-order valence-electron chi connectivity index (χ2n) is 7.42. The quantitative estimate of drug-likeness (QED) is 0.357. The molecule has 2 heterocycles. The lowest BCUT2D eigenvalue weighted by Crippen LogP contribution is -2.28. The van der Waals surface area contributed by atoms with Crippen molar-refractivity contribution in [1.82, 2.24) is 25.1 Å². The van der Waals surface area contributed by atoms with Crippen molar-refractivity contribution in [2.45, 2.75) is 32.0 Å². The molecule has 0 aliphatic heterocycles. The van der Waals surface area contributed by atoms with Crippen molar-refractivity contribution in [1.29, 1.82) is 0 Å². The van der Waals surface area contributed by atoms with Crippen LogP contribution in [0.1, 0.15) is 29.7 Å². The number of aromatic amines is 1. The van der Waals surface area contributed by atoms with Gasteiger partial charge in [-0.15, -0.1) is 0 Å². The largest absolute Gasteiger partial charge is 0.349 e. The normalized spacial score (nSPS) is 12.1. The minimum Gasteiger partial charge on any atom is -0.349 e. The SMILES string of the molecule is Cc1ccc(C(C)NC(=O)CSc2nc3c(cnn3-c3ccccc3)c(=O)[nH]2)cc1C. The molecule has 8 heteroatoms. The van der Waals surface area contributed by atoms with Gasteiger partial charge >= 0.3 is 0 Å². The van der Waals surface area contributed by atoms with Crippen LogP contribution < -0.4 is 10.9 Å². The summed E-state index contributed by atoms with van der Waals surface area (Å²) in [6.07, 6.45) is 1.50. The van der Waals surface area contributed by atoms with Crippen LogP contribution in [0.25, 0.3) is 16.7 Å². The number of para-hydroxylation sites is 1. The highest BCUT2D eigenvalue weighted by atomic mass is 32.2. The number of nitrogens with one attached hydrogen (secondary N) is 2. The Morgan fingerprint density at radius 1 is 1.16 bits per heavy atom. The molecule has 0 aliphatic carbocycles.